The summed E-state index contributed by atoms with van der Waals surface area (Å²) in [6, 6.07) is 26.3. The summed E-state index contributed by atoms with van der Waals surface area (Å²) in [5, 5.41) is 37.5. The van der Waals surface area contributed by atoms with Gasteiger partial charge in [0.1, 0.15) is 17.7 Å². The van der Waals surface area contributed by atoms with Gasteiger partial charge in [-0.2, -0.15) is 19.1 Å². The molecule has 4 unspecified atom stereocenters. The zero-order valence-electron chi connectivity index (χ0n) is 47.9. The maximum absolute atomic E-state index is 14.4. The number of sulfonamides is 2. The first-order chi connectivity index (χ1) is 39.5. The first-order valence-electron chi connectivity index (χ1n) is 27.4. The third-order valence-corrected chi connectivity index (χ3v) is 17.6. The number of nitriles is 2. The molecular weight excluding hydrogens is 1110 g/mol. The topological polar surface area (TPSA) is 294 Å². The van der Waals surface area contributed by atoms with E-state index in [0.29, 0.717) is 80.1 Å². The Hall–Kier alpha value is -7.23. The Kier molecular flexibility index (Phi) is 22.0. The van der Waals surface area contributed by atoms with Gasteiger partial charge in [-0.15, -0.1) is 0 Å². The second kappa shape index (κ2) is 28.8. The lowest BCUT2D eigenvalue weighted by Gasteiger charge is -2.35. The highest BCUT2D eigenvalue weighted by Crippen LogP contribution is 2.38. The van der Waals surface area contributed by atoms with Crippen molar-refractivity contribution in [2.75, 3.05) is 66.1 Å². The number of ether oxygens (including phenoxy) is 8. The van der Waals surface area contributed by atoms with Crippen molar-refractivity contribution in [1.29, 1.82) is 10.5 Å². The highest BCUT2D eigenvalue weighted by Gasteiger charge is 2.44. The van der Waals surface area contributed by atoms with Crippen LogP contribution < -0.4 is 39.6 Å². The fourth-order valence-electron chi connectivity index (χ4n) is 9.60. The van der Waals surface area contributed by atoms with Crippen LogP contribution in [0.1, 0.15) is 73.3 Å². The van der Waals surface area contributed by atoms with E-state index in [1.807, 2.05) is 90.3 Å². The predicted octanol–water partition coefficient (Wildman–Crippen LogP) is 6.76. The minimum Gasteiger partial charge on any atom is -0.454 e. The first-order valence-corrected chi connectivity index (χ1v) is 30.2. The average molecular weight is 1190 g/mol. The summed E-state index contributed by atoms with van der Waals surface area (Å²) in [5.74, 6) is 2.85. The predicted molar refractivity (Wildman–Crippen MR) is 306 cm³/mol. The lowest BCUT2D eigenvalue weighted by Crippen LogP contribution is -2.52. The van der Waals surface area contributed by atoms with E-state index in [0.717, 1.165) is 5.56 Å². The van der Waals surface area contributed by atoms with E-state index < -0.39 is 56.1 Å². The monoisotopic (exact) mass is 1190 g/mol. The Morgan fingerprint density at radius 1 is 0.747 bits per heavy atom. The van der Waals surface area contributed by atoms with Crippen LogP contribution in [0.15, 0.2) is 117 Å². The molecule has 25 heteroatoms. The van der Waals surface area contributed by atoms with Crippen LogP contribution in [0.4, 0.5) is 4.79 Å². The van der Waals surface area contributed by atoms with Crippen LogP contribution in [-0.4, -0.2) is 139 Å². The summed E-state index contributed by atoms with van der Waals surface area (Å²) >= 11 is 0. The van der Waals surface area contributed by atoms with Gasteiger partial charge in [0.25, 0.3) is 0 Å². The van der Waals surface area contributed by atoms with E-state index in [1.165, 1.54) is 28.6 Å². The molecule has 4 aliphatic rings. The summed E-state index contributed by atoms with van der Waals surface area (Å²) in [6.45, 7) is 15.4. The van der Waals surface area contributed by atoms with Gasteiger partial charge in [0.05, 0.1) is 41.1 Å². The van der Waals surface area contributed by atoms with Crippen LogP contribution in [0.2, 0.25) is 0 Å². The third kappa shape index (κ3) is 18.1. The van der Waals surface area contributed by atoms with Crippen molar-refractivity contribution in [3.8, 4) is 41.1 Å². The zero-order valence-corrected chi connectivity index (χ0v) is 49.5. The number of aliphatic hydroxyl groups is 1. The molecule has 0 radical (unpaired) electrons. The summed E-state index contributed by atoms with van der Waals surface area (Å²) in [7, 11) is -7.95. The van der Waals surface area contributed by atoms with Gasteiger partial charge in [0.15, 0.2) is 41.7 Å². The summed E-state index contributed by atoms with van der Waals surface area (Å²) in [6.07, 6.45) is 2.56. The quantitative estimate of drug-likeness (QED) is 0.0244. The summed E-state index contributed by atoms with van der Waals surface area (Å²) < 4.78 is 103. The SMILES string of the molecule is CC(=NCCC(C)(C)CN(CC(C)C)S(=O)(=O)c1ccc2c(c1)OCO2)NC#N.CC(C)(CCN=C(NC#N)Oc1ccccc1)CN(CC(O)[C@H](Cc1ccccc1)NC(=O)OC1COC2OCCC12)S(=O)(=O)c1ccc2c(c1)OCO2. The number of nitrogens with zero attached hydrogens (tertiary/aromatic N) is 6. The molecule has 2 saturated heterocycles. The number of carbonyl (C=O) groups is 1. The van der Waals surface area contributed by atoms with Crippen LogP contribution >= 0.6 is 0 Å². The molecule has 4 aliphatic heterocycles. The number of hydrogen-bond donors (Lipinski definition) is 4. The molecule has 83 heavy (non-hydrogen) atoms. The lowest BCUT2D eigenvalue weighted by molar-refractivity contribution is -0.0907. The van der Waals surface area contributed by atoms with E-state index in [9.17, 15) is 32.0 Å². The van der Waals surface area contributed by atoms with E-state index in [1.54, 1.807) is 47.6 Å². The van der Waals surface area contributed by atoms with Gasteiger partial charge in [-0.1, -0.05) is 90.1 Å². The summed E-state index contributed by atoms with van der Waals surface area (Å²) in [5.41, 5.74) is -0.187. The molecule has 0 spiro atoms. The van der Waals surface area contributed by atoms with Crippen molar-refractivity contribution in [2.24, 2.45) is 32.7 Å². The molecule has 0 aliphatic carbocycles. The number of para-hydroxylation sites is 1. The number of aliphatic hydroxyl groups excluding tert-OH is 1. The van der Waals surface area contributed by atoms with E-state index >= 15 is 0 Å². The molecule has 2 fully saturated rings. The number of hydrogen-bond acceptors (Lipinski definition) is 18. The Morgan fingerprint density at radius 3 is 1.86 bits per heavy atom. The number of amidine groups is 2. The molecule has 0 aromatic heterocycles. The fraction of sp³-hybridized carbons (Fsp3) is 0.500. The van der Waals surface area contributed by atoms with E-state index in [4.69, 9.17) is 43.2 Å². The largest absolute Gasteiger partial charge is 0.454 e. The number of alkyl carbamates (subject to hydrolysis) is 1. The van der Waals surface area contributed by atoms with Crippen molar-refractivity contribution >= 4 is 38.0 Å². The van der Waals surface area contributed by atoms with Crippen molar-refractivity contribution in [1.82, 2.24) is 24.6 Å². The Morgan fingerprint density at radius 2 is 1.29 bits per heavy atom. The van der Waals surface area contributed by atoms with Gasteiger partial charge in [-0.3, -0.25) is 10.3 Å². The minimum absolute atomic E-state index is 0.00150. The molecule has 5 atom stereocenters. The molecule has 8 rings (SSSR count). The highest BCUT2D eigenvalue weighted by molar-refractivity contribution is 7.89. The number of amides is 1. The molecule has 0 bridgehead atoms. The van der Waals surface area contributed by atoms with Crippen LogP contribution in [0.25, 0.3) is 0 Å². The van der Waals surface area contributed by atoms with Gasteiger partial charge >= 0.3 is 12.1 Å². The van der Waals surface area contributed by atoms with Gasteiger partial charge in [0, 0.05) is 51.4 Å². The number of fused-ring (bicyclic) bond motifs is 3. The van der Waals surface area contributed by atoms with Gasteiger partial charge < -0.3 is 48.3 Å². The van der Waals surface area contributed by atoms with Crippen LogP contribution in [0.5, 0.6) is 28.7 Å². The number of benzene rings is 4. The molecule has 23 nitrogen and oxygen atoms in total. The number of aliphatic imine (C=N–C) groups is 2. The van der Waals surface area contributed by atoms with Crippen molar-refractivity contribution in [3.05, 3.63) is 103 Å². The molecular formula is C58H75N9O14S2. The third-order valence-electron chi connectivity index (χ3n) is 14.0. The molecule has 4 N–H and O–H groups in total. The minimum atomic E-state index is -4.26. The van der Waals surface area contributed by atoms with Crippen LogP contribution in [0.3, 0.4) is 0 Å². The van der Waals surface area contributed by atoms with E-state index in [-0.39, 0.29) is 79.3 Å². The first kappa shape index (κ1) is 63.4. The average Bonchev–Trinajstić information content (AvgIpc) is 4.12. The van der Waals surface area contributed by atoms with Crippen molar-refractivity contribution < 1.29 is 64.6 Å². The maximum atomic E-state index is 14.4. The van der Waals surface area contributed by atoms with Crippen LogP contribution in [0, 0.1) is 45.6 Å². The highest BCUT2D eigenvalue weighted by atomic mass is 32.2. The molecule has 448 valence electrons. The van der Waals surface area contributed by atoms with Gasteiger partial charge in [-0.05, 0) is 91.3 Å². The van der Waals surface area contributed by atoms with Crippen molar-refractivity contribution in [3.63, 3.8) is 0 Å². The Balaban J connectivity index is 0.000000288. The maximum Gasteiger partial charge on any atom is 0.407 e. The second-order valence-electron chi connectivity index (χ2n) is 22.4. The number of carbonyl (C=O) groups excluding carboxylic acids is 1. The molecule has 4 aromatic carbocycles. The van der Waals surface area contributed by atoms with Crippen LogP contribution in [-0.2, 0) is 40.7 Å². The number of rotatable bonds is 24. The summed E-state index contributed by atoms with van der Waals surface area (Å²) in [4.78, 5) is 22.2. The second-order valence-corrected chi connectivity index (χ2v) is 26.2. The lowest BCUT2D eigenvalue weighted by atomic mass is 9.89. The number of nitrogens with one attached hydrogen (secondary N) is 3. The normalized spacial score (nSPS) is 18.3. The molecule has 4 aromatic rings. The standard InChI is InChI=1S/C38H45N5O10S.C20H30N4O4S/c1-38(2,16-17-40-36(41-24-39)52-27-11-7-4-8-12-27)23-43(54(46,47)28-13-14-32-33(20-28)51-25-50-32)21-31(44)30(19-26-9-5-3-6-10-26)42-37(45)53-34-22-49-35-29(34)15-18-48-35;1-15(2)11-24(12-20(4,5)8-9-22-16(3)23-13-21)29(25,26)17-6-7-18-19(10-17)28-14-27-18/h3-14,20,29-31,34-35,44H,15-19,21-23,25H2,1-2H3,(H,40,41)(H,42,45);6-7,10,15H,8-9,11-12,14H2,1-5H3,(H,22,23)/t29?,30-,31?,34?,35?;/m0./s1. The molecule has 4 heterocycles. The molecule has 1 amide bonds. The van der Waals surface area contributed by atoms with Crippen molar-refractivity contribution in [2.45, 2.75) is 108 Å². The molecule has 0 saturated carbocycles. The fourth-order valence-corrected chi connectivity index (χ4v) is 13.1. The zero-order chi connectivity index (χ0) is 59.8. The van der Waals surface area contributed by atoms with E-state index in [2.05, 4.69) is 25.9 Å². The Labute approximate surface area is 486 Å². The van der Waals surface area contributed by atoms with Gasteiger partial charge in [0.2, 0.25) is 33.6 Å². The Bertz CT molecular complexity index is 3190. The van der Waals surface area contributed by atoms with Gasteiger partial charge in [-0.25, -0.2) is 31.9 Å². The smallest absolute Gasteiger partial charge is 0.407 e.